The number of para-hydroxylation sites is 1. The lowest BCUT2D eigenvalue weighted by Crippen LogP contribution is -2.46. The number of benzene rings is 1. The summed E-state index contributed by atoms with van der Waals surface area (Å²) in [6.07, 6.45) is -0.101. The van der Waals surface area contributed by atoms with E-state index in [0.29, 0.717) is 0 Å². The van der Waals surface area contributed by atoms with Gasteiger partial charge in [-0.25, -0.2) is 4.39 Å². The van der Waals surface area contributed by atoms with Gasteiger partial charge in [-0.2, -0.15) is 0 Å². The van der Waals surface area contributed by atoms with Gasteiger partial charge < -0.3 is 10.0 Å². The van der Waals surface area contributed by atoms with Crippen LogP contribution in [0.25, 0.3) is 0 Å². The standard InChI is InChI=1S/C13H14FNO3/c1-13(2)8(12(17)18)7-11(16)15(13)10-6-4-3-5-9(10)14/h3-6,8H,7H2,1-2H3,(H,17,18). The third kappa shape index (κ3) is 1.75. The van der Waals surface area contributed by atoms with Gasteiger partial charge in [-0.3, -0.25) is 9.59 Å². The minimum absolute atomic E-state index is 0.101. The van der Waals surface area contributed by atoms with Crippen LogP contribution in [0.1, 0.15) is 20.3 Å². The number of rotatable bonds is 2. The molecular formula is C13H14FNO3. The summed E-state index contributed by atoms with van der Waals surface area (Å²) in [6.45, 7) is 3.28. The van der Waals surface area contributed by atoms with Gasteiger partial charge in [-0.15, -0.1) is 0 Å². The summed E-state index contributed by atoms with van der Waals surface area (Å²) in [4.78, 5) is 24.4. The van der Waals surface area contributed by atoms with Crippen molar-refractivity contribution in [2.45, 2.75) is 25.8 Å². The van der Waals surface area contributed by atoms with Gasteiger partial charge in [0.15, 0.2) is 0 Å². The van der Waals surface area contributed by atoms with Crippen LogP contribution in [-0.2, 0) is 9.59 Å². The molecule has 1 amide bonds. The van der Waals surface area contributed by atoms with Crippen LogP contribution in [-0.4, -0.2) is 22.5 Å². The molecule has 0 bridgehead atoms. The van der Waals surface area contributed by atoms with Gasteiger partial charge in [0.1, 0.15) is 5.82 Å². The first kappa shape index (κ1) is 12.5. The van der Waals surface area contributed by atoms with E-state index in [1.807, 2.05) is 0 Å². The molecule has 0 saturated carbocycles. The fourth-order valence-corrected chi connectivity index (χ4v) is 2.46. The molecule has 1 N–H and O–H groups in total. The Kier molecular flexibility index (Phi) is 2.84. The first-order chi connectivity index (χ1) is 8.35. The lowest BCUT2D eigenvalue weighted by Gasteiger charge is -2.34. The zero-order valence-corrected chi connectivity index (χ0v) is 10.2. The van der Waals surface area contributed by atoms with Crippen LogP contribution in [0.4, 0.5) is 10.1 Å². The normalized spacial score (nSPS) is 22.3. The van der Waals surface area contributed by atoms with E-state index in [4.69, 9.17) is 5.11 Å². The highest BCUT2D eigenvalue weighted by Gasteiger charge is 2.51. The molecular weight excluding hydrogens is 237 g/mol. The Morgan fingerprint density at radius 1 is 1.44 bits per heavy atom. The second-order valence-corrected chi connectivity index (χ2v) is 4.93. The van der Waals surface area contributed by atoms with Crippen molar-refractivity contribution in [1.82, 2.24) is 0 Å². The van der Waals surface area contributed by atoms with E-state index in [2.05, 4.69) is 0 Å². The number of carboxylic acid groups (broad SMARTS) is 1. The molecule has 0 radical (unpaired) electrons. The summed E-state index contributed by atoms with van der Waals surface area (Å²) in [5, 5.41) is 9.13. The summed E-state index contributed by atoms with van der Waals surface area (Å²) < 4.78 is 13.7. The maximum absolute atomic E-state index is 13.7. The lowest BCUT2D eigenvalue weighted by atomic mass is 9.88. The van der Waals surface area contributed by atoms with Crippen LogP contribution in [0.5, 0.6) is 0 Å². The van der Waals surface area contributed by atoms with Crippen molar-refractivity contribution in [3.63, 3.8) is 0 Å². The van der Waals surface area contributed by atoms with Crippen LogP contribution in [0.2, 0.25) is 0 Å². The van der Waals surface area contributed by atoms with Gasteiger partial charge in [0, 0.05) is 6.42 Å². The van der Waals surface area contributed by atoms with E-state index in [-0.39, 0.29) is 18.0 Å². The van der Waals surface area contributed by atoms with Crippen LogP contribution in [0, 0.1) is 11.7 Å². The van der Waals surface area contributed by atoms with Gasteiger partial charge >= 0.3 is 5.97 Å². The van der Waals surface area contributed by atoms with E-state index >= 15 is 0 Å². The number of hydrogen-bond acceptors (Lipinski definition) is 2. The summed E-state index contributed by atoms with van der Waals surface area (Å²) in [5.41, 5.74) is -0.804. The Morgan fingerprint density at radius 2 is 2.06 bits per heavy atom. The monoisotopic (exact) mass is 251 g/mol. The smallest absolute Gasteiger partial charge is 0.309 e. The number of carboxylic acids is 1. The van der Waals surface area contributed by atoms with E-state index in [1.54, 1.807) is 19.9 Å². The topological polar surface area (TPSA) is 57.6 Å². The van der Waals surface area contributed by atoms with Crippen LogP contribution < -0.4 is 4.90 Å². The Morgan fingerprint density at radius 3 is 2.56 bits per heavy atom. The molecule has 0 aliphatic carbocycles. The van der Waals surface area contributed by atoms with Crippen molar-refractivity contribution < 1.29 is 19.1 Å². The Balaban J connectivity index is 2.49. The van der Waals surface area contributed by atoms with Crippen molar-refractivity contribution >= 4 is 17.6 Å². The highest BCUT2D eigenvalue weighted by Crippen LogP contribution is 2.40. The molecule has 2 rings (SSSR count). The third-order valence-corrected chi connectivity index (χ3v) is 3.45. The van der Waals surface area contributed by atoms with Crippen LogP contribution in [0.3, 0.4) is 0 Å². The predicted molar refractivity (Wildman–Crippen MR) is 63.7 cm³/mol. The predicted octanol–water partition coefficient (Wildman–Crippen LogP) is 2.04. The molecule has 5 heteroatoms. The summed E-state index contributed by atoms with van der Waals surface area (Å²) in [7, 11) is 0. The molecule has 0 aromatic heterocycles. The van der Waals surface area contributed by atoms with Gasteiger partial charge in [0.2, 0.25) is 5.91 Å². The first-order valence-electron chi connectivity index (χ1n) is 5.66. The van der Waals surface area contributed by atoms with Crippen LogP contribution in [0.15, 0.2) is 24.3 Å². The third-order valence-electron chi connectivity index (χ3n) is 3.45. The molecule has 1 aliphatic rings. The average molecular weight is 251 g/mol. The zero-order chi connectivity index (χ0) is 13.5. The molecule has 1 aliphatic heterocycles. The Hall–Kier alpha value is -1.91. The maximum Gasteiger partial charge on any atom is 0.309 e. The molecule has 1 heterocycles. The van der Waals surface area contributed by atoms with Crippen molar-refractivity contribution in [3.8, 4) is 0 Å². The molecule has 96 valence electrons. The SMILES string of the molecule is CC1(C)C(C(=O)O)CC(=O)N1c1ccccc1F. The molecule has 4 nitrogen and oxygen atoms in total. The largest absolute Gasteiger partial charge is 0.481 e. The second-order valence-electron chi connectivity index (χ2n) is 4.93. The van der Waals surface area contributed by atoms with Crippen LogP contribution >= 0.6 is 0 Å². The lowest BCUT2D eigenvalue weighted by molar-refractivity contribution is -0.143. The summed E-state index contributed by atoms with van der Waals surface area (Å²) in [6, 6.07) is 5.89. The highest BCUT2D eigenvalue weighted by atomic mass is 19.1. The summed E-state index contributed by atoms with van der Waals surface area (Å²) >= 11 is 0. The van der Waals surface area contributed by atoms with Crippen molar-refractivity contribution in [1.29, 1.82) is 0 Å². The quantitative estimate of drug-likeness (QED) is 0.875. The van der Waals surface area contributed by atoms with Crippen molar-refractivity contribution in [2.24, 2.45) is 5.92 Å². The molecule has 1 aromatic carbocycles. The first-order valence-corrected chi connectivity index (χ1v) is 5.66. The molecule has 1 atom stereocenters. The van der Waals surface area contributed by atoms with Crippen molar-refractivity contribution in [3.05, 3.63) is 30.1 Å². The van der Waals surface area contributed by atoms with E-state index < -0.39 is 23.2 Å². The Labute approximate surface area is 104 Å². The minimum atomic E-state index is -1.04. The fourth-order valence-electron chi connectivity index (χ4n) is 2.46. The van der Waals surface area contributed by atoms with Gasteiger partial charge in [0.05, 0.1) is 17.1 Å². The summed E-state index contributed by atoms with van der Waals surface area (Å²) in [5.74, 6) is -2.75. The number of aliphatic carboxylic acids is 1. The second kappa shape index (κ2) is 4.08. The number of nitrogens with zero attached hydrogens (tertiary/aromatic N) is 1. The number of anilines is 1. The highest BCUT2D eigenvalue weighted by molar-refractivity contribution is 6.01. The molecule has 1 unspecified atom stereocenters. The number of carbonyl (C=O) groups is 2. The number of amides is 1. The van der Waals surface area contributed by atoms with E-state index in [1.165, 1.54) is 23.1 Å². The van der Waals surface area contributed by atoms with Gasteiger partial charge in [0.25, 0.3) is 0 Å². The number of hydrogen-bond donors (Lipinski definition) is 1. The zero-order valence-electron chi connectivity index (χ0n) is 10.2. The molecule has 1 fully saturated rings. The van der Waals surface area contributed by atoms with E-state index in [9.17, 15) is 14.0 Å². The van der Waals surface area contributed by atoms with Gasteiger partial charge in [-0.05, 0) is 26.0 Å². The van der Waals surface area contributed by atoms with Crippen molar-refractivity contribution in [2.75, 3.05) is 4.90 Å². The van der Waals surface area contributed by atoms with E-state index in [0.717, 1.165) is 0 Å². The molecule has 1 saturated heterocycles. The fraction of sp³-hybridized carbons (Fsp3) is 0.385. The average Bonchev–Trinajstić information content (AvgIpc) is 2.51. The Bertz CT molecular complexity index is 513. The molecule has 18 heavy (non-hydrogen) atoms. The maximum atomic E-state index is 13.7. The van der Waals surface area contributed by atoms with Gasteiger partial charge in [-0.1, -0.05) is 12.1 Å². The molecule has 0 spiro atoms. The molecule has 1 aromatic rings. The number of halogens is 1. The minimum Gasteiger partial charge on any atom is -0.481 e. The number of carbonyl (C=O) groups excluding carboxylic acids is 1.